The van der Waals surface area contributed by atoms with Gasteiger partial charge in [0.2, 0.25) is 5.95 Å². The Morgan fingerprint density at radius 3 is 3.00 bits per heavy atom. The number of imidazole rings is 1. The quantitative estimate of drug-likeness (QED) is 0.878. The number of rotatable bonds is 3. The van der Waals surface area contributed by atoms with E-state index in [0.717, 1.165) is 21.1 Å². The van der Waals surface area contributed by atoms with Crippen LogP contribution in [0.3, 0.4) is 0 Å². The number of fused-ring (bicyclic) bond motifs is 1. The molecule has 0 aliphatic rings. The van der Waals surface area contributed by atoms with E-state index in [4.69, 9.17) is 10.5 Å². The van der Waals surface area contributed by atoms with Gasteiger partial charge in [0.1, 0.15) is 0 Å². The minimum Gasteiger partial charge on any atom is -0.380 e. The summed E-state index contributed by atoms with van der Waals surface area (Å²) in [5.74, 6) is 0.543. The number of nitrogens with two attached hydrogens (primary N) is 1. The topological polar surface area (TPSA) is 53.1 Å². The van der Waals surface area contributed by atoms with Crippen LogP contribution in [0.4, 0.5) is 5.95 Å². The van der Waals surface area contributed by atoms with Crippen LogP contribution in [0.25, 0.3) is 11.0 Å². The van der Waals surface area contributed by atoms with Crippen LogP contribution in [-0.4, -0.2) is 22.8 Å². The van der Waals surface area contributed by atoms with Gasteiger partial charge in [0.15, 0.2) is 0 Å². The van der Waals surface area contributed by atoms with E-state index in [1.54, 1.807) is 7.11 Å². The molecule has 0 fully saturated rings. The highest BCUT2D eigenvalue weighted by atomic mass is 127. The second-order valence-corrected chi connectivity index (χ2v) is 5.01. The third kappa shape index (κ3) is 2.15. The molecule has 0 aliphatic carbocycles. The zero-order valence-corrected chi connectivity index (χ0v) is 11.4. The van der Waals surface area contributed by atoms with Gasteiger partial charge in [-0.25, -0.2) is 4.98 Å². The van der Waals surface area contributed by atoms with Crippen molar-refractivity contribution in [2.24, 2.45) is 0 Å². The Morgan fingerprint density at radius 1 is 1.56 bits per heavy atom. The highest BCUT2D eigenvalue weighted by molar-refractivity contribution is 14.1. The molecule has 1 atom stereocenters. The van der Waals surface area contributed by atoms with Crippen molar-refractivity contribution < 1.29 is 4.74 Å². The van der Waals surface area contributed by atoms with Gasteiger partial charge in [-0.15, -0.1) is 0 Å². The second-order valence-electron chi connectivity index (χ2n) is 3.76. The van der Waals surface area contributed by atoms with E-state index in [0.29, 0.717) is 5.95 Å². The summed E-state index contributed by atoms with van der Waals surface area (Å²) in [5.41, 5.74) is 7.90. The summed E-state index contributed by atoms with van der Waals surface area (Å²) in [7, 11) is 1.70. The first-order chi connectivity index (χ1) is 7.61. The van der Waals surface area contributed by atoms with Crippen LogP contribution in [-0.2, 0) is 11.3 Å². The summed E-state index contributed by atoms with van der Waals surface area (Å²) in [5, 5.41) is 0. The SMILES string of the molecule is COC(C)Cn1c(N)nc2cc(I)ccc21. The third-order valence-electron chi connectivity index (χ3n) is 2.58. The minimum absolute atomic E-state index is 0.124. The predicted octanol–water partition coefficient (Wildman–Crippen LogP) is 2.26. The lowest BCUT2D eigenvalue weighted by molar-refractivity contribution is 0.105. The smallest absolute Gasteiger partial charge is 0.201 e. The molecule has 0 bridgehead atoms. The molecule has 2 rings (SSSR count). The molecule has 2 N–H and O–H groups in total. The first-order valence-corrected chi connectivity index (χ1v) is 6.13. The number of nitrogen functional groups attached to an aromatic ring is 1. The summed E-state index contributed by atoms with van der Waals surface area (Å²) >= 11 is 2.27. The molecule has 1 aromatic heterocycles. The van der Waals surface area contributed by atoms with E-state index in [1.807, 2.05) is 23.6 Å². The number of anilines is 1. The van der Waals surface area contributed by atoms with Crippen molar-refractivity contribution in [3.8, 4) is 0 Å². The van der Waals surface area contributed by atoms with E-state index in [9.17, 15) is 0 Å². The largest absolute Gasteiger partial charge is 0.380 e. The van der Waals surface area contributed by atoms with Crippen LogP contribution in [0.5, 0.6) is 0 Å². The fraction of sp³-hybridized carbons (Fsp3) is 0.364. The molecule has 16 heavy (non-hydrogen) atoms. The number of aromatic nitrogens is 2. The van der Waals surface area contributed by atoms with Crippen molar-refractivity contribution in [2.45, 2.75) is 19.6 Å². The average molecular weight is 331 g/mol. The summed E-state index contributed by atoms with van der Waals surface area (Å²) in [6.45, 7) is 2.73. The Bertz CT molecular complexity index is 509. The van der Waals surface area contributed by atoms with Gasteiger partial charge in [-0.3, -0.25) is 0 Å². The van der Waals surface area contributed by atoms with Crippen LogP contribution < -0.4 is 5.73 Å². The van der Waals surface area contributed by atoms with E-state index in [1.165, 1.54) is 0 Å². The molecule has 0 aliphatic heterocycles. The Morgan fingerprint density at radius 2 is 2.31 bits per heavy atom. The van der Waals surface area contributed by atoms with Crippen molar-refractivity contribution in [3.05, 3.63) is 21.8 Å². The zero-order valence-electron chi connectivity index (χ0n) is 9.27. The van der Waals surface area contributed by atoms with E-state index < -0.39 is 0 Å². The highest BCUT2D eigenvalue weighted by Crippen LogP contribution is 2.20. The van der Waals surface area contributed by atoms with Crippen LogP contribution in [0.15, 0.2) is 18.2 Å². The molecular weight excluding hydrogens is 317 g/mol. The molecule has 86 valence electrons. The predicted molar refractivity (Wildman–Crippen MR) is 73.3 cm³/mol. The monoisotopic (exact) mass is 331 g/mol. The Balaban J connectivity index is 2.47. The van der Waals surface area contributed by atoms with Gasteiger partial charge < -0.3 is 15.0 Å². The van der Waals surface area contributed by atoms with Crippen molar-refractivity contribution in [2.75, 3.05) is 12.8 Å². The van der Waals surface area contributed by atoms with Crippen molar-refractivity contribution in [3.63, 3.8) is 0 Å². The molecule has 0 radical (unpaired) electrons. The molecule has 2 aromatic rings. The lowest BCUT2D eigenvalue weighted by atomic mass is 10.3. The Labute approximate surface area is 108 Å². The molecular formula is C11H14IN3O. The molecule has 1 heterocycles. The van der Waals surface area contributed by atoms with Gasteiger partial charge in [0.05, 0.1) is 23.7 Å². The molecule has 5 heteroatoms. The molecule has 4 nitrogen and oxygen atoms in total. The van der Waals surface area contributed by atoms with E-state index in [-0.39, 0.29) is 6.10 Å². The standard InChI is InChI=1S/C11H14IN3O/c1-7(16-2)6-15-10-4-3-8(12)5-9(10)14-11(15)13/h3-5,7H,6H2,1-2H3,(H2,13,14). The van der Waals surface area contributed by atoms with Crippen LogP contribution in [0.1, 0.15) is 6.92 Å². The maximum atomic E-state index is 5.90. The minimum atomic E-state index is 0.124. The summed E-state index contributed by atoms with van der Waals surface area (Å²) < 4.78 is 8.39. The van der Waals surface area contributed by atoms with Gasteiger partial charge in [-0.1, -0.05) is 0 Å². The molecule has 0 saturated carbocycles. The van der Waals surface area contributed by atoms with Gasteiger partial charge in [0, 0.05) is 10.7 Å². The third-order valence-corrected chi connectivity index (χ3v) is 3.25. The van der Waals surface area contributed by atoms with Crippen LogP contribution >= 0.6 is 22.6 Å². The fourth-order valence-corrected chi connectivity index (χ4v) is 2.12. The number of nitrogens with zero attached hydrogens (tertiary/aromatic N) is 2. The molecule has 1 aromatic carbocycles. The molecule has 1 unspecified atom stereocenters. The lowest BCUT2D eigenvalue weighted by Crippen LogP contribution is -2.16. The first kappa shape index (κ1) is 11.7. The number of halogens is 1. The first-order valence-electron chi connectivity index (χ1n) is 5.06. The number of hydrogen-bond donors (Lipinski definition) is 1. The summed E-state index contributed by atoms with van der Waals surface area (Å²) in [6, 6.07) is 6.13. The van der Waals surface area contributed by atoms with Gasteiger partial charge >= 0.3 is 0 Å². The number of methoxy groups -OCH3 is 1. The van der Waals surface area contributed by atoms with E-state index >= 15 is 0 Å². The summed E-state index contributed by atoms with van der Waals surface area (Å²) in [4.78, 5) is 4.34. The zero-order chi connectivity index (χ0) is 11.7. The average Bonchev–Trinajstić information content (AvgIpc) is 2.54. The number of benzene rings is 1. The number of hydrogen-bond acceptors (Lipinski definition) is 3. The van der Waals surface area contributed by atoms with Crippen LogP contribution in [0.2, 0.25) is 0 Å². The molecule has 0 saturated heterocycles. The normalized spacial score (nSPS) is 13.2. The molecule has 0 spiro atoms. The Kier molecular flexibility index (Phi) is 3.34. The number of ether oxygens (including phenoxy) is 1. The van der Waals surface area contributed by atoms with Gasteiger partial charge in [-0.2, -0.15) is 0 Å². The maximum Gasteiger partial charge on any atom is 0.201 e. The lowest BCUT2D eigenvalue weighted by Gasteiger charge is -2.12. The van der Waals surface area contributed by atoms with Gasteiger partial charge in [0.25, 0.3) is 0 Å². The second kappa shape index (κ2) is 4.58. The molecule has 0 amide bonds. The van der Waals surface area contributed by atoms with E-state index in [2.05, 4.69) is 33.6 Å². The van der Waals surface area contributed by atoms with Crippen molar-refractivity contribution >= 4 is 39.6 Å². The maximum absolute atomic E-state index is 5.90. The fourth-order valence-electron chi connectivity index (χ4n) is 1.65. The van der Waals surface area contributed by atoms with Crippen LogP contribution in [0, 0.1) is 3.57 Å². The van der Waals surface area contributed by atoms with Crippen molar-refractivity contribution in [1.29, 1.82) is 0 Å². The highest BCUT2D eigenvalue weighted by Gasteiger charge is 2.10. The Hall–Kier alpha value is -0.820. The van der Waals surface area contributed by atoms with Gasteiger partial charge in [-0.05, 0) is 47.7 Å². The van der Waals surface area contributed by atoms with Crippen molar-refractivity contribution in [1.82, 2.24) is 9.55 Å². The summed E-state index contributed by atoms with van der Waals surface area (Å²) in [6.07, 6.45) is 0.124.